The predicted molar refractivity (Wildman–Crippen MR) is 141 cm³/mol. The smallest absolute Gasteiger partial charge is 0.308 e. The molecule has 0 aliphatic heterocycles. The lowest BCUT2D eigenvalue weighted by Gasteiger charge is -2.34. The predicted octanol–water partition coefficient (Wildman–Crippen LogP) is 2.51. The van der Waals surface area contributed by atoms with Crippen molar-refractivity contribution in [3.63, 3.8) is 0 Å². The van der Waals surface area contributed by atoms with E-state index in [4.69, 9.17) is 10.5 Å². The lowest BCUT2D eigenvalue weighted by atomic mass is 9.95. The van der Waals surface area contributed by atoms with E-state index in [2.05, 4.69) is 10.7 Å². The van der Waals surface area contributed by atoms with Crippen LogP contribution in [0, 0.1) is 13.8 Å². The summed E-state index contributed by atoms with van der Waals surface area (Å²) in [7, 11) is 0. The molecule has 37 heavy (non-hydrogen) atoms. The molecule has 3 amide bonds. The Morgan fingerprint density at radius 1 is 1.03 bits per heavy atom. The Balaban J connectivity index is 2.04. The topological polar surface area (TPSA) is 131 Å². The first-order valence-corrected chi connectivity index (χ1v) is 12.2. The largest absolute Gasteiger partial charge is 0.427 e. The van der Waals surface area contributed by atoms with E-state index in [-0.39, 0.29) is 37.1 Å². The zero-order valence-electron chi connectivity index (χ0n) is 22.5. The lowest BCUT2D eigenvalue weighted by Crippen LogP contribution is -2.59. The zero-order chi connectivity index (χ0) is 27.8. The average molecular weight is 511 g/mol. The molecule has 0 aromatic heterocycles. The second kappa shape index (κ2) is 13.0. The van der Waals surface area contributed by atoms with E-state index in [0.717, 1.165) is 22.3 Å². The van der Waals surface area contributed by atoms with Gasteiger partial charge in [0.1, 0.15) is 5.75 Å². The molecule has 4 N–H and O–H groups in total. The molecule has 0 saturated carbocycles. The summed E-state index contributed by atoms with van der Waals surface area (Å²) < 4.78 is 5.16. The van der Waals surface area contributed by atoms with E-state index in [1.165, 1.54) is 18.9 Å². The molecule has 2 aromatic rings. The number of carbonyl (C=O) groups is 4. The van der Waals surface area contributed by atoms with Crippen LogP contribution < -0.4 is 21.2 Å². The SMILES string of the molecule is CC(=O)NN(CC(C)(C)NC(=O)[C@@H](N)Cc1c(C)cc(OC(C)=O)cc1C)C(=O)CCc1ccccc1. The second-order valence-corrected chi connectivity index (χ2v) is 9.95. The Labute approximate surface area is 218 Å². The minimum atomic E-state index is -0.872. The first-order chi connectivity index (χ1) is 17.3. The number of carbonyl (C=O) groups excluding carboxylic acids is 4. The van der Waals surface area contributed by atoms with Crippen molar-refractivity contribution in [3.05, 3.63) is 64.7 Å². The molecule has 0 unspecified atom stereocenters. The fraction of sp³-hybridized carbons (Fsp3) is 0.429. The maximum absolute atomic E-state index is 13.0. The van der Waals surface area contributed by atoms with Crippen molar-refractivity contribution in [1.29, 1.82) is 0 Å². The highest BCUT2D eigenvalue weighted by molar-refractivity contribution is 5.83. The third kappa shape index (κ3) is 9.69. The number of esters is 1. The van der Waals surface area contributed by atoms with Gasteiger partial charge in [-0.15, -0.1) is 0 Å². The highest BCUT2D eigenvalue weighted by Crippen LogP contribution is 2.23. The third-order valence-electron chi connectivity index (χ3n) is 5.77. The molecule has 0 bridgehead atoms. The fourth-order valence-corrected chi connectivity index (χ4v) is 4.09. The Kier molecular flexibility index (Phi) is 10.4. The highest BCUT2D eigenvalue weighted by atomic mass is 16.5. The number of ether oxygens (including phenoxy) is 1. The molecule has 0 aliphatic rings. The standard InChI is InChI=1S/C28H38N4O5/c1-18-14-23(37-21(4)34)15-19(2)24(18)16-25(29)27(36)30-28(5,6)17-32(31-20(3)33)26(35)13-12-22-10-8-7-9-11-22/h7-11,14-15,25H,12-13,16-17,29H2,1-6H3,(H,30,36)(H,31,33)/t25-/m0/s1. The monoisotopic (exact) mass is 510 g/mol. The lowest BCUT2D eigenvalue weighted by molar-refractivity contribution is -0.142. The molecule has 0 spiro atoms. The number of nitrogens with one attached hydrogen (secondary N) is 2. The zero-order valence-corrected chi connectivity index (χ0v) is 22.5. The van der Waals surface area contributed by atoms with Crippen LogP contribution in [0.5, 0.6) is 5.75 Å². The maximum Gasteiger partial charge on any atom is 0.308 e. The normalized spacial score (nSPS) is 11.9. The van der Waals surface area contributed by atoms with Crippen LogP contribution in [0.3, 0.4) is 0 Å². The van der Waals surface area contributed by atoms with Gasteiger partial charge in [-0.2, -0.15) is 0 Å². The van der Waals surface area contributed by atoms with Crippen LogP contribution in [0.1, 0.15) is 56.4 Å². The molecule has 200 valence electrons. The van der Waals surface area contributed by atoms with Gasteiger partial charge in [-0.25, -0.2) is 0 Å². The van der Waals surface area contributed by atoms with Crippen molar-refractivity contribution in [3.8, 4) is 5.75 Å². The van der Waals surface area contributed by atoms with E-state index in [0.29, 0.717) is 12.2 Å². The number of nitrogens with two attached hydrogens (primary N) is 1. The summed E-state index contributed by atoms with van der Waals surface area (Å²) in [6.07, 6.45) is 1.02. The number of benzene rings is 2. The molecule has 0 saturated heterocycles. The van der Waals surface area contributed by atoms with Crippen LogP contribution in [0.25, 0.3) is 0 Å². The van der Waals surface area contributed by atoms with Crippen molar-refractivity contribution in [2.75, 3.05) is 6.54 Å². The van der Waals surface area contributed by atoms with E-state index in [1.807, 2.05) is 44.2 Å². The molecule has 0 aliphatic carbocycles. The molecule has 0 heterocycles. The van der Waals surface area contributed by atoms with Crippen molar-refractivity contribution < 1.29 is 23.9 Å². The summed E-state index contributed by atoms with van der Waals surface area (Å²) in [5.41, 5.74) is 11.6. The van der Waals surface area contributed by atoms with Crippen molar-refractivity contribution in [2.24, 2.45) is 5.73 Å². The van der Waals surface area contributed by atoms with E-state index in [9.17, 15) is 19.2 Å². The number of hydrogen-bond acceptors (Lipinski definition) is 6. The quantitative estimate of drug-likeness (QED) is 0.256. The van der Waals surface area contributed by atoms with Gasteiger partial charge in [0.05, 0.1) is 18.1 Å². The first-order valence-electron chi connectivity index (χ1n) is 12.2. The van der Waals surface area contributed by atoms with Gasteiger partial charge >= 0.3 is 5.97 Å². The number of hydrazine groups is 1. The van der Waals surface area contributed by atoms with E-state index in [1.54, 1.807) is 26.0 Å². The Bertz CT molecular complexity index is 1110. The van der Waals surface area contributed by atoms with Gasteiger partial charge < -0.3 is 15.8 Å². The molecular weight excluding hydrogens is 472 g/mol. The van der Waals surface area contributed by atoms with Crippen LogP contribution in [0.4, 0.5) is 0 Å². The van der Waals surface area contributed by atoms with Crippen LogP contribution in [0.15, 0.2) is 42.5 Å². The molecular formula is C28H38N4O5. The number of amides is 3. The molecule has 0 radical (unpaired) electrons. The highest BCUT2D eigenvalue weighted by Gasteiger charge is 2.29. The third-order valence-corrected chi connectivity index (χ3v) is 5.77. The van der Waals surface area contributed by atoms with Gasteiger partial charge in [0.15, 0.2) is 0 Å². The summed E-state index contributed by atoms with van der Waals surface area (Å²) in [5, 5.41) is 4.16. The molecule has 1 atom stereocenters. The summed E-state index contributed by atoms with van der Waals surface area (Å²) >= 11 is 0. The van der Waals surface area contributed by atoms with Gasteiger partial charge in [-0.1, -0.05) is 30.3 Å². The number of nitrogens with zero attached hydrogens (tertiary/aromatic N) is 1. The summed E-state index contributed by atoms with van der Waals surface area (Å²) in [6, 6.07) is 12.2. The molecule has 2 aromatic carbocycles. The Morgan fingerprint density at radius 3 is 2.16 bits per heavy atom. The van der Waals surface area contributed by atoms with E-state index < -0.39 is 17.6 Å². The number of hydrogen-bond donors (Lipinski definition) is 3. The average Bonchev–Trinajstić information content (AvgIpc) is 2.78. The van der Waals surface area contributed by atoms with Gasteiger partial charge in [-0.05, 0) is 74.9 Å². The second-order valence-electron chi connectivity index (χ2n) is 9.95. The summed E-state index contributed by atoms with van der Waals surface area (Å²) in [5.74, 6) is -0.982. The van der Waals surface area contributed by atoms with Crippen molar-refractivity contribution >= 4 is 23.7 Å². The summed E-state index contributed by atoms with van der Waals surface area (Å²) in [6.45, 7) is 10.0. The van der Waals surface area contributed by atoms with Crippen molar-refractivity contribution in [1.82, 2.24) is 15.8 Å². The summed E-state index contributed by atoms with van der Waals surface area (Å²) in [4.78, 5) is 48.9. The first kappa shape index (κ1) is 29.5. The Morgan fingerprint density at radius 2 is 1.62 bits per heavy atom. The van der Waals surface area contributed by atoms with Gasteiger partial charge in [0.25, 0.3) is 0 Å². The van der Waals surface area contributed by atoms with Gasteiger partial charge in [-0.3, -0.25) is 29.6 Å². The minimum Gasteiger partial charge on any atom is -0.427 e. The maximum atomic E-state index is 13.0. The van der Waals surface area contributed by atoms with Gasteiger partial charge in [0.2, 0.25) is 17.7 Å². The Hall–Kier alpha value is -3.72. The van der Waals surface area contributed by atoms with Crippen LogP contribution in [-0.4, -0.2) is 46.8 Å². The van der Waals surface area contributed by atoms with E-state index >= 15 is 0 Å². The molecule has 9 heteroatoms. The molecule has 0 fully saturated rings. The number of aryl methyl sites for hydroxylation is 3. The van der Waals surface area contributed by atoms with Crippen molar-refractivity contribution in [2.45, 2.75) is 72.4 Å². The fourth-order valence-electron chi connectivity index (χ4n) is 4.09. The number of rotatable bonds is 10. The minimum absolute atomic E-state index is 0.0633. The van der Waals surface area contributed by atoms with Crippen LogP contribution >= 0.6 is 0 Å². The van der Waals surface area contributed by atoms with Crippen LogP contribution in [0.2, 0.25) is 0 Å². The van der Waals surface area contributed by atoms with Crippen LogP contribution in [-0.2, 0) is 32.0 Å². The van der Waals surface area contributed by atoms with Gasteiger partial charge in [0, 0.05) is 20.3 Å². The molecule has 2 rings (SSSR count). The molecule has 9 nitrogen and oxygen atoms in total.